The van der Waals surface area contributed by atoms with E-state index in [1.165, 1.54) is 17.4 Å². The number of hydrogen-bond acceptors (Lipinski definition) is 4. The average Bonchev–Trinajstić information content (AvgIpc) is 3.15. The SMILES string of the molecule is Cc1ccsc1C(=O)N1CCCC(n2ccc(C(=O)O)n2)C1. The highest BCUT2D eigenvalue weighted by Gasteiger charge is 2.27. The molecule has 0 aromatic carbocycles. The third kappa shape index (κ3) is 2.76. The van der Waals surface area contributed by atoms with E-state index in [0.29, 0.717) is 6.54 Å². The van der Waals surface area contributed by atoms with Crippen LogP contribution in [0.4, 0.5) is 0 Å². The van der Waals surface area contributed by atoms with Gasteiger partial charge in [-0.15, -0.1) is 11.3 Å². The summed E-state index contributed by atoms with van der Waals surface area (Å²) in [5.41, 5.74) is 1.04. The number of carbonyl (C=O) groups excluding carboxylic acids is 1. The van der Waals surface area contributed by atoms with Crippen LogP contribution in [0.25, 0.3) is 0 Å². The Labute approximate surface area is 132 Å². The number of carbonyl (C=O) groups is 2. The second kappa shape index (κ2) is 5.92. The molecule has 116 valence electrons. The fraction of sp³-hybridized carbons (Fsp3) is 0.400. The van der Waals surface area contributed by atoms with Crippen molar-refractivity contribution in [2.24, 2.45) is 0 Å². The zero-order chi connectivity index (χ0) is 15.7. The van der Waals surface area contributed by atoms with Gasteiger partial charge in [0.05, 0.1) is 10.9 Å². The summed E-state index contributed by atoms with van der Waals surface area (Å²) in [6.07, 6.45) is 3.47. The van der Waals surface area contributed by atoms with E-state index in [-0.39, 0.29) is 17.6 Å². The summed E-state index contributed by atoms with van der Waals surface area (Å²) in [6, 6.07) is 3.48. The molecule has 2 aromatic rings. The third-order valence-electron chi connectivity index (χ3n) is 3.94. The van der Waals surface area contributed by atoms with Gasteiger partial charge in [-0.25, -0.2) is 4.79 Å². The topological polar surface area (TPSA) is 75.4 Å². The molecule has 1 saturated heterocycles. The number of likely N-dealkylation sites (tertiary alicyclic amines) is 1. The zero-order valence-corrected chi connectivity index (χ0v) is 13.0. The minimum atomic E-state index is -1.03. The van der Waals surface area contributed by atoms with Crippen molar-refractivity contribution in [1.29, 1.82) is 0 Å². The number of aromatic nitrogens is 2. The molecule has 0 spiro atoms. The van der Waals surface area contributed by atoms with Crippen LogP contribution in [0.3, 0.4) is 0 Å². The molecule has 2 aromatic heterocycles. The van der Waals surface area contributed by atoms with Crippen LogP contribution in [0.2, 0.25) is 0 Å². The van der Waals surface area contributed by atoms with Crippen molar-refractivity contribution in [3.63, 3.8) is 0 Å². The van der Waals surface area contributed by atoms with Crippen LogP contribution in [0.1, 0.15) is 44.6 Å². The van der Waals surface area contributed by atoms with Crippen molar-refractivity contribution in [3.8, 4) is 0 Å². The average molecular weight is 319 g/mol. The first-order chi connectivity index (χ1) is 10.6. The van der Waals surface area contributed by atoms with E-state index in [1.807, 2.05) is 23.3 Å². The molecule has 1 N–H and O–H groups in total. The van der Waals surface area contributed by atoms with Crippen LogP contribution in [-0.2, 0) is 0 Å². The van der Waals surface area contributed by atoms with Crippen LogP contribution in [0.15, 0.2) is 23.7 Å². The van der Waals surface area contributed by atoms with Crippen LogP contribution in [-0.4, -0.2) is 44.8 Å². The summed E-state index contributed by atoms with van der Waals surface area (Å²) in [7, 11) is 0. The second-order valence-corrected chi connectivity index (χ2v) is 6.38. The van der Waals surface area contributed by atoms with Crippen molar-refractivity contribution < 1.29 is 14.7 Å². The highest BCUT2D eigenvalue weighted by Crippen LogP contribution is 2.25. The van der Waals surface area contributed by atoms with Gasteiger partial charge in [0.25, 0.3) is 5.91 Å². The highest BCUT2D eigenvalue weighted by molar-refractivity contribution is 7.12. The molecule has 1 aliphatic rings. The molecular weight excluding hydrogens is 302 g/mol. The molecule has 0 saturated carbocycles. The molecule has 0 aliphatic carbocycles. The van der Waals surface area contributed by atoms with Crippen molar-refractivity contribution in [2.75, 3.05) is 13.1 Å². The van der Waals surface area contributed by atoms with E-state index in [4.69, 9.17) is 5.11 Å². The molecule has 3 rings (SSSR count). The quantitative estimate of drug-likeness (QED) is 0.943. The lowest BCUT2D eigenvalue weighted by Crippen LogP contribution is -2.40. The molecule has 6 nitrogen and oxygen atoms in total. The van der Waals surface area contributed by atoms with Gasteiger partial charge in [-0.3, -0.25) is 9.48 Å². The van der Waals surface area contributed by atoms with Gasteiger partial charge in [0.2, 0.25) is 0 Å². The maximum absolute atomic E-state index is 12.6. The Bertz CT molecular complexity index is 706. The van der Waals surface area contributed by atoms with Gasteiger partial charge in [-0.05, 0) is 42.8 Å². The third-order valence-corrected chi connectivity index (χ3v) is 4.95. The molecule has 0 radical (unpaired) electrons. The van der Waals surface area contributed by atoms with Crippen molar-refractivity contribution >= 4 is 23.2 Å². The number of amides is 1. The maximum Gasteiger partial charge on any atom is 0.356 e. The Kier molecular flexibility index (Phi) is 3.98. The number of aromatic carboxylic acids is 1. The summed E-state index contributed by atoms with van der Waals surface area (Å²) in [4.78, 5) is 26.1. The fourth-order valence-electron chi connectivity index (χ4n) is 2.75. The lowest BCUT2D eigenvalue weighted by Gasteiger charge is -2.32. The minimum Gasteiger partial charge on any atom is -0.476 e. The predicted molar refractivity (Wildman–Crippen MR) is 82.4 cm³/mol. The van der Waals surface area contributed by atoms with E-state index in [2.05, 4.69) is 5.10 Å². The highest BCUT2D eigenvalue weighted by atomic mass is 32.1. The predicted octanol–water partition coefficient (Wildman–Crippen LogP) is 2.43. The lowest BCUT2D eigenvalue weighted by atomic mass is 10.1. The van der Waals surface area contributed by atoms with Gasteiger partial charge in [0.15, 0.2) is 5.69 Å². The van der Waals surface area contributed by atoms with Crippen molar-refractivity contribution in [2.45, 2.75) is 25.8 Å². The smallest absolute Gasteiger partial charge is 0.356 e. The van der Waals surface area contributed by atoms with E-state index >= 15 is 0 Å². The molecule has 22 heavy (non-hydrogen) atoms. The molecule has 1 aliphatic heterocycles. The van der Waals surface area contributed by atoms with Gasteiger partial charge < -0.3 is 10.0 Å². The molecule has 1 amide bonds. The number of piperidine rings is 1. The number of carboxylic acid groups (broad SMARTS) is 1. The van der Waals surface area contributed by atoms with Gasteiger partial charge in [0, 0.05) is 19.3 Å². The summed E-state index contributed by atoms with van der Waals surface area (Å²) < 4.78 is 1.67. The first kappa shape index (κ1) is 14.8. The monoisotopic (exact) mass is 319 g/mol. The molecule has 0 bridgehead atoms. The number of hydrogen-bond donors (Lipinski definition) is 1. The van der Waals surface area contributed by atoms with Crippen molar-refractivity contribution in [1.82, 2.24) is 14.7 Å². The van der Waals surface area contributed by atoms with E-state index in [1.54, 1.807) is 10.9 Å². The Morgan fingerprint density at radius 3 is 2.86 bits per heavy atom. The molecule has 7 heteroatoms. The fourth-order valence-corrected chi connectivity index (χ4v) is 3.64. The number of thiophene rings is 1. The van der Waals surface area contributed by atoms with E-state index in [9.17, 15) is 9.59 Å². The molecule has 3 heterocycles. The first-order valence-corrected chi connectivity index (χ1v) is 8.06. The normalized spacial score (nSPS) is 18.4. The van der Waals surface area contributed by atoms with Crippen molar-refractivity contribution in [3.05, 3.63) is 39.8 Å². The van der Waals surface area contributed by atoms with Gasteiger partial charge >= 0.3 is 5.97 Å². The van der Waals surface area contributed by atoms with Crippen LogP contribution < -0.4 is 0 Å². The maximum atomic E-state index is 12.6. The summed E-state index contributed by atoms with van der Waals surface area (Å²) >= 11 is 1.47. The zero-order valence-electron chi connectivity index (χ0n) is 12.2. The standard InChI is InChI=1S/C15H17N3O3S/c1-10-5-8-22-13(10)14(19)17-6-2-3-11(9-17)18-7-4-12(16-18)15(20)21/h4-5,7-8,11H,2-3,6,9H2,1H3,(H,20,21). The van der Waals surface area contributed by atoms with Crippen LogP contribution >= 0.6 is 11.3 Å². The Morgan fingerprint density at radius 2 is 2.23 bits per heavy atom. The van der Waals surface area contributed by atoms with E-state index < -0.39 is 5.97 Å². The molecule has 1 unspecified atom stereocenters. The van der Waals surface area contributed by atoms with Gasteiger partial charge in [-0.1, -0.05) is 0 Å². The largest absolute Gasteiger partial charge is 0.476 e. The van der Waals surface area contributed by atoms with Gasteiger partial charge in [-0.2, -0.15) is 5.10 Å². The van der Waals surface area contributed by atoms with Crippen LogP contribution in [0.5, 0.6) is 0 Å². The molecule has 1 atom stereocenters. The number of carboxylic acids is 1. The Morgan fingerprint density at radius 1 is 1.41 bits per heavy atom. The second-order valence-electron chi connectivity index (χ2n) is 5.47. The van der Waals surface area contributed by atoms with Crippen LogP contribution in [0, 0.1) is 6.92 Å². The summed E-state index contributed by atoms with van der Waals surface area (Å²) in [5.74, 6) is -0.973. The Balaban J connectivity index is 1.75. The first-order valence-electron chi connectivity index (χ1n) is 7.18. The lowest BCUT2D eigenvalue weighted by molar-refractivity contribution is 0.0659. The van der Waals surface area contributed by atoms with Gasteiger partial charge in [0.1, 0.15) is 0 Å². The Hall–Kier alpha value is -2.15. The number of nitrogens with zero attached hydrogens (tertiary/aromatic N) is 3. The minimum absolute atomic E-state index is 0.0334. The summed E-state index contributed by atoms with van der Waals surface area (Å²) in [5, 5.41) is 15.0. The summed E-state index contributed by atoms with van der Waals surface area (Å²) in [6.45, 7) is 3.24. The number of rotatable bonds is 3. The van der Waals surface area contributed by atoms with E-state index in [0.717, 1.165) is 29.8 Å². The number of aryl methyl sites for hydroxylation is 1. The molecular formula is C15H17N3O3S. The molecule has 1 fully saturated rings.